The predicted molar refractivity (Wildman–Crippen MR) is 93.7 cm³/mol. The first-order valence-corrected chi connectivity index (χ1v) is 8.06. The van der Waals surface area contributed by atoms with Crippen molar-refractivity contribution in [3.05, 3.63) is 29.8 Å². The molecule has 0 aromatic heterocycles. The van der Waals surface area contributed by atoms with Crippen molar-refractivity contribution < 1.29 is 9.59 Å². The van der Waals surface area contributed by atoms with Gasteiger partial charge in [0, 0.05) is 37.3 Å². The van der Waals surface area contributed by atoms with Gasteiger partial charge in [-0.1, -0.05) is 0 Å². The van der Waals surface area contributed by atoms with E-state index in [-0.39, 0.29) is 17.9 Å². The van der Waals surface area contributed by atoms with Gasteiger partial charge in [0.2, 0.25) is 5.91 Å². The zero-order valence-electron chi connectivity index (χ0n) is 14.2. The topological polar surface area (TPSA) is 82.3 Å². The summed E-state index contributed by atoms with van der Waals surface area (Å²) in [4.78, 5) is 23.8. The predicted octanol–water partition coefficient (Wildman–Crippen LogP) is 1.35. The number of hydrogen-bond acceptors (Lipinski definition) is 4. The molecular formula is C17H28N4O2. The molecule has 1 rings (SSSR count). The van der Waals surface area contributed by atoms with Crippen LogP contribution in [0.5, 0.6) is 0 Å². The highest BCUT2D eigenvalue weighted by Crippen LogP contribution is 2.09. The van der Waals surface area contributed by atoms with Crippen molar-refractivity contribution in [2.45, 2.75) is 32.2 Å². The number of anilines is 1. The zero-order chi connectivity index (χ0) is 17.1. The second-order valence-electron chi connectivity index (χ2n) is 5.55. The van der Waals surface area contributed by atoms with E-state index >= 15 is 0 Å². The molecule has 0 saturated carbocycles. The Hall–Kier alpha value is -2.08. The lowest BCUT2D eigenvalue weighted by Gasteiger charge is -2.14. The molecular weight excluding hydrogens is 292 g/mol. The average molecular weight is 320 g/mol. The van der Waals surface area contributed by atoms with Gasteiger partial charge in [0.25, 0.3) is 5.91 Å². The van der Waals surface area contributed by atoms with E-state index in [0.717, 1.165) is 18.7 Å². The number of amides is 2. The number of carbonyl (C=O) groups excluding carboxylic acids is 2. The maximum absolute atomic E-state index is 12.1. The molecule has 128 valence electrons. The Kier molecular flexibility index (Phi) is 8.75. The molecule has 23 heavy (non-hydrogen) atoms. The Morgan fingerprint density at radius 3 is 2.39 bits per heavy atom. The molecule has 4 N–H and O–H groups in total. The molecule has 0 heterocycles. The van der Waals surface area contributed by atoms with E-state index in [9.17, 15) is 9.59 Å². The van der Waals surface area contributed by atoms with E-state index in [4.69, 9.17) is 0 Å². The molecule has 1 aromatic rings. The van der Waals surface area contributed by atoms with E-state index in [1.54, 1.807) is 12.1 Å². The SMILES string of the molecule is CNCCCNC(=O)CCC(C)NC(=O)c1ccc(NC)cc1. The van der Waals surface area contributed by atoms with Gasteiger partial charge in [-0.15, -0.1) is 0 Å². The Morgan fingerprint density at radius 2 is 1.78 bits per heavy atom. The molecule has 0 spiro atoms. The molecule has 6 heteroatoms. The quantitative estimate of drug-likeness (QED) is 0.491. The first-order chi connectivity index (χ1) is 11.1. The minimum Gasteiger partial charge on any atom is -0.388 e. The summed E-state index contributed by atoms with van der Waals surface area (Å²) in [5, 5.41) is 11.8. The van der Waals surface area contributed by atoms with Crippen molar-refractivity contribution in [1.29, 1.82) is 0 Å². The second-order valence-corrected chi connectivity index (χ2v) is 5.55. The summed E-state index contributed by atoms with van der Waals surface area (Å²) >= 11 is 0. The molecule has 0 fully saturated rings. The summed E-state index contributed by atoms with van der Waals surface area (Å²) in [6.45, 7) is 3.48. The Balaban J connectivity index is 2.28. The molecule has 0 radical (unpaired) electrons. The summed E-state index contributed by atoms with van der Waals surface area (Å²) in [5.74, 6) is -0.0878. The van der Waals surface area contributed by atoms with Crippen molar-refractivity contribution in [3.63, 3.8) is 0 Å². The normalized spacial score (nSPS) is 11.6. The molecule has 0 bridgehead atoms. The van der Waals surface area contributed by atoms with Gasteiger partial charge in [-0.2, -0.15) is 0 Å². The molecule has 0 saturated heterocycles. The largest absolute Gasteiger partial charge is 0.388 e. The lowest BCUT2D eigenvalue weighted by molar-refractivity contribution is -0.121. The molecule has 2 amide bonds. The summed E-state index contributed by atoms with van der Waals surface area (Å²) < 4.78 is 0. The van der Waals surface area contributed by atoms with Gasteiger partial charge in [-0.3, -0.25) is 9.59 Å². The molecule has 1 atom stereocenters. The molecule has 6 nitrogen and oxygen atoms in total. The standard InChI is InChI=1S/C17H28N4O2/c1-13(5-10-16(22)20-12-4-11-18-2)21-17(23)14-6-8-15(19-3)9-7-14/h6-9,13,18-19H,4-5,10-12H2,1-3H3,(H,20,22)(H,21,23). The Morgan fingerprint density at radius 1 is 1.09 bits per heavy atom. The summed E-state index contributed by atoms with van der Waals surface area (Å²) in [5.41, 5.74) is 1.58. The van der Waals surface area contributed by atoms with Crippen LogP contribution in [0.25, 0.3) is 0 Å². The highest BCUT2D eigenvalue weighted by atomic mass is 16.2. The van der Waals surface area contributed by atoms with Gasteiger partial charge in [-0.25, -0.2) is 0 Å². The van der Waals surface area contributed by atoms with Crippen LogP contribution in [-0.4, -0.2) is 45.0 Å². The third kappa shape index (κ3) is 7.65. The van der Waals surface area contributed by atoms with Crippen LogP contribution in [0.2, 0.25) is 0 Å². The van der Waals surface area contributed by atoms with Gasteiger partial charge in [0.05, 0.1) is 0 Å². The van der Waals surface area contributed by atoms with E-state index in [1.165, 1.54) is 0 Å². The smallest absolute Gasteiger partial charge is 0.251 e. The van der Waals surface area contributed by atoms with Crippen LogP contribution in [0.15, 0.2) is 24.3 Å². The average Bonchev–Trinajstić information content (AvgIpc) is 2.57. The molecule has 0 aliphatic carbocycles. The number of carbonyl (C=O) groups is 2. The van der Waals surface area contributed by atoms with Crippen molar-refractivity contribution in [2.75, 3.05) is 32.5 Å². The maximum atomic E-state index is 12.1. The first-order valence-electron chi connectivity index (χ1n) is 8.06. The first kappa shape index (κ1) is 19.0. The van der Waals surface area contributed by atoms with Gasteiger partial charge in [0.15, 0.2) is 0 Å². The maximum Gasteiger partial charge on any atom is 0.251 e. The van der Waals surface area contributed by atoms with Crippen LogP contribution < -0.4 is 21.3 Å². The monoisotopic (exact) mass is 320 g/mol. The fourth-order valence-electron chi connectivity index (χ4n) is 2.10. The van der Waals surface area contributed by atoms with Crippen molar-refractivity contribution in [3.8, 4) is 0 Å². The van der Waals surface area contributed by atoms with E-state index in [0.29, 0.717) is 24.9 Å². The Labute approximate surface area is 138 Å². The van der Waals surface area contributed by atoms with Gasteiger partial charge >= 0.3 is 0 Å². The lowest BCUT2D eigenvalue weighted by atomic mass is 10.1. The van der Waals surface area contributed by atoms with Crippen LogP contribution in [0.3, 0.4) is 0 Å². The summed E-state index contributed by atoms with van der Waals surface area (Å²) in [6.07, 6.45) is 1.95. The van der Waals surface area contributed by atoms with Crippen LogP contribution in [-0.2, 0) is 4.79 Å². The van der Waals surface area contributed by atoms with Crippen LogP contribution in [0.1, 0.15) is 36.5 Å². The number of rotatable bonds is 10. The third-order valence-electron chi connectivity index (χ3n) is 3.54. The van der Waals surface area contributed by atoms with Crippen molar-refractivity contribution >= 4 is 17.5 Å². The zero-order valence-corrected chi connectivity index (χ0v) is 14.2. The van der Waals surface area contributed by atoms with Crippen LogP contribution >= 0.6 is 0 Å². The van der Waals surface area contributed by atoms with Crippen LogP contribution in [0.4, 0.5) is 5.69 Å². The Bertz CT molecular complexity index is 488. The molecule has 0 aliphatic rings. The summed E-state index contributed by atoms with van der Waals surface area (Å²) in [6, 6.07) is 7.23. The summed E-state index contributed by atoms with van der Waals surface area (Å²) in [7, 11) is 3.72. The van der Waals surface area contributed by atoms with Crippen molar-refractivity contribution in [1.82, 2.24) is 16.0 Å². The number of nitrogens with one attached hydrogen (secondary N) is 4. The lowest BCUT2D eigenvalue weighted by Crippen LogP contribution is -2.34. The number of hydrogen-bond donors (Lipinski definition) is 4. The van der Waals surface area contributed by atoms with Gasteiger partial charge in [0.1, 0.15) is 0 Å². The van der Waals surface area contributed by atoms with Crippen LogP contribution in [0, 0.1) is 0 Å². The molecule has 1 unspecified atom stereocenters. The highest BCUT2D eigenvalue weighted by Gasteiger charge is 2.11. The highest BCUT2D eigenvalue weighted by molar-refractivity contribution is 5.94. The minimum absolute atomic E-state index is 0.0283. The van der Waals surface area contributed by atoms with E-state index in [2.05, 4.69) is 21.3 Å². The molecule has 1 aromatic carbocycles. The van der Waals surface area contributed by atoms with Crippen molar-refractivity contribution in [2.24, 2.45) is 0 Å². The van der Waals surface area contributed by atoms with Gasteiger partial charge < -0.3 is 21.3 Å². The third-order valence-corrected chi connectivity index (χ3v) is 3.54. The fraction of sp³-hybridized carbons (Fsp3) is 0.529. The second kappa shape index (κ2) is 10.6. The van der Waals surface area contributed by atoms with Gasteiger partial charge in [-0.05, 0) is 57.6 Å². The number of benzene rings is 1. The minimum atomic E-state index is -0.116. The van der Waals surface area contributed by atoms with E-state index < -0.39 is 0 Å². The molecule has 0 aliphatic heterocycles. The van der Waals surface area contributed by atoms with E-state index in [1.807, 2.05) is 33.2 Å². The fourth-order valence-corrected chi connectivity index (χ4v) is 2.10.